The number of Topliss-reactive ketones (excluding diaryl/α,β-unsaturated/α-hetero) is 1. The van der Waals surface area contributed by atoms with E-state index in [9.17, 15) is 9.59 Å². The average Bonchev–Trinajstić information content (AvgIpc) is 2.14. The minimum atomic E-state index is 0.0722. The lowest BCUT2D eigenvalue weighted by Crippen LogP contribution is -2.39. The third-order valence-corrected chi connectivity index (χ3v) is 2.43. The van der Waals surface area contributed by atoms with Crippen molar-refractivity contribution in [3.63, 3.8) is 0 Å². The van der Waals surface area contributed by atoms with Gasteiger partial charge in [0.05, 0.1) is 6.54 Å². The van der Waals surface area contributed by atoms with Crippen LogP contribution in [-0.4, -0.2) is 42.3 Å². The highest BCUT2D eigenvalue weighted by molar-refractivity contribution is 5.81. The van der Waals surface area contributed by atoms with E-state index >= 15 is 0 Å². The molecular weight excluding hydrogens is 192 g/mol. The van der Waals surface area contributed by atoms with Crippen LogP contribution in [0.4, 0.5) is 0 Å². The fraction of sp³-hybridized carbons (Fsp3) is 0.818. The molecule has 0 aromatic heterocycles. The molecule has 0 aromatic rings. The molecule has 0 unspecified atom stereocenters. The van der Waals surface area contributed by atoms with Crippen molar-refractivity contribution in [2.45, 2.75) is 39.2 Å². The van der Waals surface area contributed by atoms with E-state index in [4.69, 9.17) is 0 Å². The lowest BCUT2D eigenvalue weighted by atomic mass is 10.1. The van der Waals surface area contributed by atoms with Crippen LogP contribution in [0.1, 0.15) is 33.1 Å². The Morgan fingerprint density at radius 3 is 2.87 bits per heavy atom. The molecular formula is C11H20N2O2. The summed E-state index contributed by atoms with van der Waals surface area (Å²) >= 11 is 0. The summed E-state index contributed by atoms with van der Waals surface area (Å²) in [6, 6.07) is 0.195. The molecule has 1 fully saturated rings. The molecule has 0 spiro atoms. The van der Waals surface area contributed by atoms with Gasteiger partial charge in [0.25, 0.3) is 0 Å². The third-order valence-electron chi connectivity index (χ3n) is 2.43. The molecule has 1 amide bonds. The molecule has 1 saturated heterocycles. The van der Waals surface area contributed by atoms with E-state index < -0.39 is 0 Å². The van der Waals surface area contributed by atoms with Gasteiger partial charge in [-0.2, -0.15) is 0 Å². The maximum absolute atomic E-state index is 11.4. The quantitative estimate of drug-likeness (QED) is 0.741. The first kappa shape index (κ1) is 12.2. The van der Waals surface area contributed by atoms with Crippen LogP contribution in [0.3, 0.4) is 0 Å². The molecule has 0 saturated carbocycles. The summed E-state index contributed by atoms with van der Waals surface area (Å²) in [4.78, 5) is 24.6. The van der Waals surface area contributed by atoms with Crippen molar-refractivity contribution >= 4 is 11.7 Å². The van der Waals surface area contributed by atoms with Crippen molar-refractivity contribution in [3.8, 4) is 0 Å². The van der Waals surface area contributed by atoms with E-state index in [-0.39, 0.29) is 11.9 Å². The van der Waals surface area contributed by atoms with Gasteiger partial charge >= 0.3 is 0 Å². The van der Waals surface area contributed by atoms with E-state index in [2.05, 4.69) is 10.2 Å². The van der Waals surface area contributed by atoms with Gasteiger partial charge in [0, 0.05) is 25.4 Å². The number of carbonyl (C=O) groups excluding carboxylic acids is 2. The molecule has 0 bridgehead atoms. The van der Waals surface area contributed by atoms with Gasteiger partial charge in [0.1, 0.15) is 5.78 Å². The molecule has 0 aromatic carbocycles. The number of nitrogens with zero attached hydrogens (tertiary/aromatic N) is 1. The van der Waals surface area contributed by atoms with Crippen molar-refractivity contribution in [1.82, 2.24) is 10.2 Å². The van der Waals surface area contributed by atoms with Gasteiger partial charge in [0.15, 0.2) is 0 Å². The molecule has 15 heavy (non-hydrogen) atoms. The summed E-state index contributed by atoms with van der Waals surface area (Å²) in [5, 5.41) is 2.84. The SMILES string of the molecule is CC(C)NC(=O)CCN1CCCC(=O)C1. The third kappa shape index (κ3) is 4.93. The molecule has 0 aliphatic carbocycles. The Morgan fingerprint density at radius 2 is 2.27 bits per heavy atom. The highest BCUT2D eigenvalue weighted by Crippen LogP contribution is 2.05. The summed E-state index contributed by atoms with van der Waals surface area (Å²) in [6.07, 6.45) is 2.13. The standard InChI is InChI=1S/C11H20N2O2/c1-9(2)12-11(15)5-7-13-6-3-4-10(14)8-13/h9H,3-8H2,1-2H3,(H,12,15). The van der Waals surface area contributed by atoms with Crippen molar-refractivity contribution in [2.75, 3.05) is 19.6 Å². The largest absolute Gasteiger partial charge is 0.354 e. The molecule has 1 heterocycles. The molecule has 86 valence electrons. The molecule has 4 heteroatoms. The zero-order chi connectivity index (χ0) is 11.3. The smallest absolute Gasteiger partial charge is 0.221 e. The molecule has 1 rings (SSSR count). The van der Waals surface area contributed by atoms with Gasteiger partial charge in [-0.15, -0.1) is 0 Å². The number of hydrogen-bond donors (Lipinski definition) is 1. The normalized spacial score (nSPS) is 18.2. The topological polar surface area (TPSA) is 49.4 Å². The first-order chi connectivity index (χ1) is 7.08. The van der Waals surface area contributed by atoms with Gasteiger partial charge < -0.3 is 5.32 Å². The molecule has 0 radical (unpaired) electrons. The van der Waals surface area contributed by atoms with Crippen LogP contribution in [0, 0.1) is 0 Å². The second-order valence-corrected chi connectivity index (χ2v) is 4.39. The number of hydrogen-bond acceptors (Lipinski definition) is 3. The average molecular weight is 212 g/mol. The summed E-state index contributed by atoms with van der Waals surface area (Å²) < 4.78 is 0. The number of nitrogens with one attached hydrogen (secondary N) is 1. The van der Waals surface area contributed by atoms with E-state index in [1.165, 1.54) is 0 Å². The Kier molecular flexibility index (Phi) is 4.75. The molecule has 0 atom stereocenters. The van der Waals surface area contributed by atoms with Crippen LogP contribution >= 0.6 is 0 Å². The van der Waals surface area contributed by atoms with E-state index in [0.717, 1.165) is 13.0 Å². The molecule has 1 aliphatic rings. The number of amides is 1. The molecule has 1 aliphatic heterocycles. The summed E-state index contributed by atoms with van der Waals surface area (Å²) in [5.41, 5.74) is 0. The second-order valence-electron chi connectivity index (χ2n) is 4.39. The Morgan fingerprint density at radius 1 is 1.53 bits per heavy atom. The van der Waals surface area contributed by atoms with Crippen molar-refractivity contribution < 1.29 is 9.59 Å². The van der Waals surface area contributed by atoms with Gasteiger partial charge in [-0.05, 0) is 26.8 Å². The van der Waals surface area contributed by atoms with Gasteiger partial charge in [-0.1, -0.05) is 0 Å². The number of likely N-dealkylation sites (tertiary alicyclic amines) is 1. The number of carbonyl (C=O) groups is 2. The summed E-state index contributed by atoms with van der Waals surface area (Å²) in [6.45, 7) is 6.06. The van der Waals surface area contributed by atoms with Crippen LogP contribution in [0.15, 0.2) is 0 Å². The molecule has 4 nitrogen and oxygen atoms in total. The monoisotopic (exact) mass is 212 g/mol. The Balaban J connectivity index is 2.18. The van der Waals surface area contributed by atoms with E-state index in [1.807, 2.05) is 13.8 Å². The lowest BCUT2D eigenvalue weighted by Gasteiger charge is -2.25. The maximum Gasteiger partial charge on any atom is 0.221 e. The zero-order valence-electron chi connectivity index (χ0n) is 9.58. The van der Waals surface area contributed by atoms with Crippen LogP contribution in [0.25, 0.3) is 0 Å². The first-order valence-electron chi connectivity index (χ1n) is 5.61. The summed E-state index contributed by atoms with van der Waals surface area (Å²) in [5.74, 6) is 0.369. The zero-order valence-corrected chi connectivity index (χ0v) is 9.58. The highest BCUT2D eigenvalue weighted by Gasteiger charge is 2.17. The number of rotatable bonds is 4. The number of piperidine rings is 1. The predicted molar refractivity (Wildman–Crippen MR) is 58.6 cm³/mol. The fourth-order valence-corrected chi connectivity index (χ4v) is 1.75. The number of ketones is 1. The Labute approximate surface area is 91.0 Å². The van der Waals surface area contributed by atoms with Crippen molar-refractivity contribution in [3.05, 3.63) is 0 Å². The van der Waals surface area contributed by atoms with E-state index in [0.29, 0.717) is 31.7 Å². The predicted octanol–water partition coefficient (Wildman–Crippen LogP) is 0.566. The van der Waals surface area contributed by atoms with Crippen LogP contribution in [-0.2, 0) is 9.59 Å². The minimum absolute atomic E-state index is 0.0722. The Hall–Kier alpha value is -0.900. The van der Waals surface area contributed by atoms with Gasteiger partial charge in [-0.25, -0.2) is 0 Å². The molecule has 1 N–H and O–H groups in total. The summed E-state index contributed by atoms with van der Waals surface area (Å²) in [7, 11) is 0. The van der Waals surface area contributed by atoms with Crippen molar-refractivity contribution in [1.29, 1.82) is 0 Å². The maximum atomic E-state index is 11.4. The van der Waals surface area contributed by atoms with E-state index in [1.54, 1.807) is 0 Å². The van der Waals surface area contributed by atoms with Gasteiger partial charge in [-0.3, -0.25) is 14.5 Å². The van der Waals surface area contributed by atoms with Gasteiger partial charge in [0.2, 0.25) is 5.91 Å². The van der Waals surface area contributed by atoms with Crippen LogP contribution in [0.5, 0.6) is 0 Å². The fourth-order valence-electron chi connectivity index (χ4n) is 1.75. The lowest BCUT2D eigenvalue weighted by molar-refractivity contribution is -0.125. The minimum Gasteiger partial charge on any atom is -0.354 e. The Bertz CT molecular complexity index is 239. The van der Waals surface area contributed by atoms with Crippen LogP contribution in [0.2, 0.25) is 0 Å². The highest BCUT2D eigenvalue weighted by atomic mass is 16.1. The van der Waals surface area contributed by atoms with Crippen LogP contribution < -0.4 is 5.32 Å². The first-order valence-corrected chi connectivity index (χ1v) is 5.61. The second kappa shape index (κ2) is 5.85. The van der Waals surface area contributed by atoms with Crippen molar-refractivity contribution in [2.24, 2.45) is 0 Å².